The fourth-order valence-electron chi connectivity index (χ4n) is 4.93. The van der Waals surface area contributed by atoms with Crippen LogP contribution in [0.25, 0.3) is 33.4 Å². The predicted molar refractivity (Wildman–Crippen MR) is 145 cm³/mol. The Morgan fingerprint density at radius 3 is 2.57 bits per heavy atom. The summed E-state index contributed by atoms with van der Waals surface area (Å²) in [5, 5.41) is 5.89. The molecule has 0 spiro atoms. The number of hydrogen-bond acceptors (Lipinski definition) is 4. The fourth-order valence-corrected chi connectivity index (χ4v) is 4.93. The van der Waals surface area contributed by atoms with E-state index in [0.29, 0.717) is 0 Å². The van der Waals surface area contributed by atoms with E-state index in [1.54, 1.807) is 0 Å². The Morgan fingerprint density at radius 1 is 0.857 bits per heavy atom. The molecule has 0 saturated carbocycles. The fraction of sp³-hybridized carbons (Fsp3) is 0.200. The number of nitrogens with zero attached hydrogens (tertiary/aromatic N) is 3. The Morgan fingerprint density at radius 2 is 1.71 bits per heavy atom. The minimum absolute atomic E-state index is 0.863. The lowest BCUT2D eigenvalue weighted by Gasteiger charge is -2.29. The molecule has 1 fully saturated rings. The standard InChI is InChI=1S/C30H29N5/c1-21-10-11-24(19-27(21)30-32-20-28(34-30)22-8-4-2-5-9-22)33-29-26-13-12-25(18-23(26)14-15-31-29)35-16-6-3-7-17-35/h2,4-5,8-15,18-20H,3,6-7,16-17H2,1H3,(H,31,33)(H,32,34). The van der Waals surface area contributed by atoms with Crippen LogP contribution in [0.15, 0.2) is 85.2 Å². The largest absolute Gasteiger partial charge is 0.372 e. The Kier molecular flexibility index (Phi) is 5.67. The van der Waals surface area contributed by atoms with Crippen molar-refractivity contribution in [1.29, 1.82) is 0 Å². The third-order valence-corrected chi connectivity index (χ3v) is 6.89. The molecule has 0 aliphatic carbocycles. The molecule has 174 valence electrons. The minimum atomic E-state index is 0.863. The lowest BCUT2D eigenvalue weighted by molar-refractivity contribution is 0.578. The summed E-state index contributed by atoms with van der Waals surface area (Å²) in [5.74, 6) is 1.73. The van der Waals surface area contributed by atoms with Gasteiger partial charge >= 0.3 is 0 Å². The maximum absolute atomic E-state index is 4.67. The Balaban J connectivity index is 1.29. The summed E-state index contributed by atoms with van der Waals surface area (Å²) in [5.41, 5.74) is 6.68. The van der Waals surface area contributed by atoms with Gasteiger partial charge in [-0.25, -0.2) is 9.97 Å². The van der Waals surface area contributed by atoms with Crippen molar-refractivity contribution in [1.82, 2.24) is 15.0 Å². The van der Waals surface area contributed by atoms with Crippen LogP contribution in [0.2, 0.25) is 0 Å². The van der Waals surface area contributed by atoms with Crippen molar-refractivity contribution in [3.05, 3.63) is 90.8 Å². The zero-order valence-electron chi connectivity index (χ0n) is 20.0. The Bertz CT molecular complexity index is 1470. The number of aryl methyl sites for hydroxylation is 1. The second-order valence-electron chi connectivity index (χ2n) is 9.28. The van der Waals surface area contributed by atoms with Crippen molar-refractivity contribution in [3.63, 3.8) is 0 Å². The first-order chi connectivity index (χ1) is 17.2. The number of aromatic amines is 1. The lowest BCUT2D eigenvalue weighted by Crippen LogP contribution is -2.29. The van der Waals surface area contributed by atoms with Crippen LogP contribution in [0.5, 0.6) is 0 Å². The van der Waals surface area contributed by atoms with Crippen LogP contribution < -0.4 is 10.2 Å². The number of nitrogens with one attached hydrogen (secondary N) is 2. The highest BCUT2D eigenvalue weighted by Gasteiger charge is 2.13. The average Bonchev–Trinajstić information content (AvgIpc) is 3.41. The van der Waals surface area contributed by atoms with Gasteiger partial charge in [-0.1, -0.05) is 36.4 Å². The normalized spacial score (nSPS) is 13.8. The number of H-pyrrole nitrogens is 1. The molecule has 1 saturated heterocycles. The van der Waals surface area contributed by atoms with E-state index < -0.39 is 0 Å². The van der Waals surface area contributed by atoms with E-state index in [-0.39, 0.29) is 0 Å². The van der Waals surface area contributed by atoms with Gasteiger partial charge in [-0.3, -0.25) is 0 Å². The van der Waals surface area contributed by atoms with Crippen LogP contribution in [0, 0.1) is 6.92 Å². The van der Waals surface area contributed by atoms with Gasteiger partial charge in [0.05, 0.1) is 11.9 Å². The number of anilines is 3. The van der Waals surface area contributed by atoms with E-state index in [9.17, 15) is 0 Å². The number of aromatic nitrogens is 3. The topological polar surface area (TPSA) is 56.8 Å². The van der Waals surface area contributed by atoms with E-state index >= 15 is 0 Å². The molecule has 0 atom stereocenters. The number of fused-ring (bicyclic) bond motifs is 1. The number of rotatable bonds is 5. The van der Waals surface area contributed by atoms with E-state index in [1.165, 1.54) is 35.9 Å². The summed E-state index contributed by atoms with van der Waals surface area (Å²) in [6.45, 7) is 4.40. The molecule has 0 radical (unpaired) electrons. The van der Waals surface area contributed by atoms with Crippen molar-refractivity contribution < 1.29 is 0 Å². The summed E-state index contributed by atoms with van der Waals surface area (Å²) >= 11 is 0. The second kappa shape index (κ2) is 9.26. The number of piperidine rings is 1. The van der Waals surface area contributed by atoms with Gasteiger partial charge in [0.25, 0.3) is 0 Å². The van der Waals surface area contributed by atoms with E-state index in [1.807, 2.05) is 30.6 Å². The van der Waals surface area contributed by atoms with Crippen LogP contribution >= 0.6 is 0 Å². The van der Waals surface area contributed by atoms with Gasteiger partial charge < -0.3 is 15.2 Å². The SMILES string of the molecule is Cc1ccc(Nc2nccc3cc(N4CCCCC4)ccc23)cc1-c1ncc(-c2ccccc2)[nH]1. The van der Waals surface area contributed by atoms with Crippen LogP contribution in [0.3, 0.4) is 0 Å². The highest BCUT2D eigenvalue weighted by molar-refractivity contribution is 5.95. The summed E-state index contributed by atoms with van der Waals surface area (Å²) in [6.07, 6.45) is 7.68. The molecule has 6 rings (SSSR count). The first kappa shape index (κ1) is 21.4. The van der Waals surface area contributed by atoms with E-state index in [2.05, 4.69) is 86.7 Å². The van der Waals surface area contributed by atoms with Crippen molar-refractivity contribution in [2.45, 2.75) is 26.2 Å². The van der Waals surface area contributed by atoms with Crippen molar-refractivity contribution in [3.8, 4) is 22.6 Å². The van der Waals surface area contributed by atoms with Crippen LogP contribution in [-0.4, -0.2) is 28.0 Å². The molecule has 3 aromatic carbocycles. The third kappa shape index (κ3) is 4.37. The van der Waals surface area contributed by atoms with Crippen LogP contribution in [-0.2, 0) is 0 Å². The van der Waals surface area contributed by atoms with Gasteiger partial charge in [0.15, 0.2) is 0 Å². The predicted octanol–water partition coefficient (Wildman–Crippen LogP) is 7.33. The Labute approximate surface area is 205 Å². The van der Waals surface area contributed by atoms with Gasteiger partial charge in [0.1, 0.15) is 11.6 Å². The Hall–Kier alpha value is -4.12. The first-order valence-electron chi connectivity index (χ1n) is 12.4. The second-order valence-corrected chi connectivity index (χ2v) is 9.28. The van der Waals surface area contributed by atoms with Gasteiger partial charge in [-0.15, -0.1) is 0 Å². The summed E-state index contributed by atoms with van der Waals surface area (Å²) in [4.78, 5) is 15.3. The third-order valence-electron chi connectivity index (χ3n) is 6.89. The smallest absolute Gasteiger partial charge is 0.138 e. The molecule has 1 aliphatic rings. The van der Waals surface area contributed by atoms with Crippen molar-refractivity contribution in [2.75, 3.05) is 23.3 Å². The highest BCUT2D eigenvalue weighted by Crippen LogP contribution is 2.32. The van der Waals surface area contributed by atoms with Gasteiger partial charge in [-0.2, -0.15) is 0 Å². The quantitative estimate of drug-likeness (QED) is 0.289. The average molecular weight is 460 g/mol. The molecule has 0 bridgehead atoms. The molecule has 5 aromatic rings. The van der Waals surface area contributed by atoms with Gasteiger partial charge in [0.2, 0.25) is 0 Å². The number of pyridine rings is 1. The first-order valence-corrected chi connectivity index (χ1v) is 12.4. The summed E-state index contributed by atoms with van der Waals surface area (Å²) in [6, 6.07) is 25.5. The number of benzene rings is 3. The van der Waals surface area contributed by atoms with Gasteiger partial charge in [0, 0.05) is 41.6 Å². The maximum atomic E-state index is 4.67. The molecule has 2 aromatic heterocycles. The van der Waals surface area contributed by atoms with Crippen LogP contribution in [0.4, 0.5) is 17.2 Å². The molecule has 2 N–H and O–H groups in total. The van der Waals surface area contributed by atoms with Crippen molar-refractivity contribution in [2.24, 2.45) is 0 Å². The number of hydrogen-bond donors (Lipinski definition) is 2. The zero-order chi connectivity index (χ0) is 23.6. The lowest BCUT2D eigenvalue weighted by atomic mass is 10.1. The monoisotopic (exact) mass is 459 g/mol. The van der Waals surface area contributed by atoms with E-state index in [4.69, 9.17) is 0 Å². The summed E-state index contributed by atoms with van der Waals surface area (Å²) < 4.78 is 0. The molecule has 5 heteroatoms. The minimum Gasteiger partial charge on any atom is -0.372 e. The molecule has 3 heterocycles. The molecular formula is C30H29N5. The molecule has 35 heavy (non-hydrogen) atoms. The van der Waals surface area contributed by atoms with Gasteiger partial charge in [-0.05, 0) is 79.1 Å². The van der Waals surface area contributed by atoms with E-state index in [0.717, 1.165) is 52.6 Å². The summed E-state index contributed by atoms with van der Waals surface area (Å²) in [7, 11) is 0. The molecule has 1 aliphatic heterocycles. The molecule has 0 unspecified atom stereocenters. The van der Waals surface area contributed by atoms with Crippen LogP contribution in [0.1, 0.15) is 24.8 Å². The van der Waals surface area contributed by atoms with Crippen molar-refractivity contribution >= 4 is 28.0 Å². The molecule has 0 amide bonds. The molecular weight excluding hydrogens is 430 g/mol. The zero-order valence-corrected chi connectivity index (χ0v) is 20.0. The highest BCUT2D eigenvalue weighted by atomic mass is 15.1. The number of imidazole rings is 1. The molecule has 5 nitrogen and oxygen atoms in total. The maximum Gasteiger partial charge on any atom is 0.138 e.